The number of hydrogen-bond donors (Lipinski definition) is 1. The van der Waals surface area contributed by atoms with Crippen LogP contribution in [0.1, 0.15) is 5.56 Å². The van der Waals surface area contributed by atoms with E-state index in [2.05, 4.69) is 9.72 Å². The van der Waals surface area contributed by atoms with Crippen molar-refractivity contribution in [1.29, 1.82) is 0 Å². The van der Waals surface area contributed by atoms with Gasteiger partial charge in [-0.2, -0.15) is 0 Å². The van der Waals surface area contributed by atoms with E-state index in [1.54, 1.807) is 18.5 Å². The quantitative estimate of drug-likeness (QED) is 0.746. The molecule has 1 heterocycles. The molecule has 0 aromatic carbocycles. The van der Waals surface area contributed by atoms with E-state index in [9.17, 15) is 4.79 Å². The fourth-order valence-electron chi connectivity index (χ4n) is 0.809. The number of rotatable bonds is 3. The van der Waals surface area contributed by atoms with Crippen molar-refractivity contribution in [3.8, 4) is 5.75 Å². The van der Waals surface area contributed by atoms with Crippen LogP contribution in [0.5, 0.6) is 5.75 Å². The average Bonchev–Trinajstić information content (AvgIpc) is 2.15. The molecule has 1 aromatic rings. The highest BCUT2D eigenvalue weighted by Crippen LogP contribution is 2.10. The van der Waals surface area contributed by atoms with Gasteiger partial charge in [0.15, 0.2) is 0 Å². The van der Waals surface area contributed by atoms with E-state index in [0.29, 0.717) is 5.75 Å². The molecular formula is C8H10N2O3. The number of ether oxygens (including phenoxy) is 2. The van der Waals surface area contributed by atoms with Gasteiger partial charge in [0.05, 0.1) is 13.3 Å². The molecule has 0 radical (unpaired) electrons. The lowest BCUT2D eigenvalue weighted by atomic mass is 10.3. The normalized spacial score (nSPS) is 9.31. The third-order valence-electron chi connectivity index (χ3n) is 1.39. The third kappa shape index (κ3) is 2.98. The van der Waals surface area contributed by atoms with Crippen molar-refractivity contribution >= 4 is 6.09 Å². The smallest absolute Gasteiger partial charge is 0.404 e. The zero-order valence-electron chi connectivity index (χ0n) is 7.19. The minimum absolute atomic E-state index is 0.111. The van der Waals surface area contributed by atoms with Crippen LogP contribution in [0.25, 0.3) is 0 Å². The lowest BCUT2D eigenvalue weighted by molar-refractivity contribution is 0.150. The van der Waals surface area contributed by atoms with Crippen LogP contribution in [0.15, 0.2) is 18.5 Å². The summed E-state index contributed by atoms with van der Waals surface area (Å²) in [5.41, 5.74) is 5.53. The maximum atomic E-state index is 10.3. The van der Waals surface area contributed by atoms with Crippen molar-refractivity contribution in [3.63, 3.8) is 0 Å². The summed E-state index contributed by atoms with van der Waals surface area (Å²) in [6.07, 6.45) is 2.34. The lowest BCUT2D eigenvalue weighted by Crippen LogP contribution is -2.12. The van der Waals surface area contributed by atoms with E-state index in [1.807, 2.05) is 0 Å². The van der Waals surface area contributed by atoms with Crippen LogP contribution in [0, 0.1) is 0 Å². The molecule has 0 saturated carbocycles. The largest absolute Gasteiger partial charge is 0.495 e. The van der Waals surface area contributed by atoms with Crippen molar-refractivity contribution < 1.29 is 14.3 Å². The summed E-state index contributed by atoms with van der Waals surface area (Å²) in [5.74, 6) is 0.616. The second-order valence-corrected chi connectivity index (χ2v) is 2.34. The molecule has 1 rings (SSSR count). The van der Waals surface area contributed by atoms with Gasteiger partial charge >= 0.3 is 6.09 Å². The number of nitrogens with two attached hydrogens (primary N) is 1. The molecule has 0 aliphatic carbocycles. The van der Waals surface area contributed by atoms with Crippen molar-refractivity contribution in [3.05, 3.63) is 24.0 Å². The van der Waals surface area contributed by atoms with E-state index < -0.39 is 6.09 Å². The molecular weight excluding hydrogens is 172 g/mol. The first-order chi connectivity index (χ1) is 6.22. The van der Waals surface area contributed by atoms with Gasteiger partial charge in [-0.1, -0.05) is 0 Å². The summed E-state index contributed by atoms with van der Waals surface area (Å²) in [6, 6.07) is 1.72. The third-order valence-corrected chi connectivity index (χ3v) is 1.39. The first kappa shape index (κ1) is 9.31. The molecule has 0 spiro atoms. The molecule has 5 heteroatoms. The minimum atomic E-state index is -0.803. The van der Waals surface area contributed by atoms with E-state index >= 15 is 0 Å². The van der Waals surface area contributed by atoms with Gasteiger partial charge in [0.25, 0.3) is 0 Å². The van der Waals surface area contributed by atoms with Crippen LogP contribution in [0.2, 0.25) is 0 Å². The van der Waals surface area contributed by atoms with E-state index in [-0.39, 0.29) is 6.61 Å². The number of nitrogens with zero attached hydrogens (tertiary/aromatic N) is 1. The fraction of sp³-hybridized carbons (Fsp3) is 0.250. The highest BCUT2D eigenvalue weighted by atomic mass is 16.5. The van der Waals surface area contributed by atoms with Crippen LogP contribution in [-0.4, -0.2) is 18.2 Å². The van der Waals surface area contributed by atoms with Crippen molar-refractivity contribution in [2.24, 2.45) is 5.73 Å². The van der Waals surface area contributed by atoms with E-state index in [4.69, 9.17) is 10.5 Å². The summed E-state index contributed by atoms with van der Waals surface area (Å²) >= 11 is 0. The summed E-state index contributed by atoms with van der Waals surface area (Å²) in [6.45, 7) is 0.111. The predicted molar refractivity (Wildman–Crippen MR) is 45.2 cm³/mol. The average molecular weight is 182 g/mol. The number of methoxy groups -OCH3 is 1. The van der Waals surface area contributed by atoms with Gasteiger partial charge in [0, 0.05) is 11.8 Å². The molecule has 2 N–H and O–H groups in total. The van der Waals surface area contributed by atoms with Gasteiger partial charge < -0.3 is 15.2 Å². The van der Waals surface area contributed by atoms with Crippen LogP contribution in [0.4, 0.5) is 4.79 Å². The maximum Gasteiger partial charge on any atom is 0.404 e. The Morgan fingerprint density at radius 2 is 2.38 bits per heavy atom. The van der Waals surface area contributed by atoms with E-state index in [1.165, 1.54) is 7.11 Å². The Morgan fingerprint density at radius 3 is 3.00 bits per heavy atom. The highest BCUT2D eigenvalue weighted by molar-refractivity contribution is 5.64. The minimum Gasteiger partial charge on any atom is -0.495 e. The Morgan fingerprint density at radius 1 is 1.62 bits per heavy atom. The Hall–Kier alpha value is -1.78. The molecule has 0 bridgehead atoms. The van der Waals surface area contributed by atoms with Gasteiger partial charge in [0.2, 0.25) is 0 Å². The number of hydrogen-bond acceptors (Lipinski definition) is 4. The number of aromatic nitrogens is 1. The summed E-state index contributed by atoms with van der Waals surface area (Å²) in [4.78, 5) is 14.2. The van der Waals surface area contributed by atoms with Gasteiger partial charge in [-0.25, -0.2) is 4.79 Å². The molecule has 5 nitrogen and oxygen atoms in total. The van der Waals surface area contributed by atoms with Gasteiger partial charge in [-0.05, 0) is 6.07 Å². The predicted octanol–water partition coefficient (Wildman–Crippen LogP) is 0.685. The number of amides is 1. The Balaban J connectivity index is 2.61. The van der Waals surface area contributed by atoms with Crippen molar-refractivity contribution in [2.75, 3.05) is 7.11 Å². The summed E-state index contributed by atoms with van der Waals surface area (Å²) < 4.78 is 9.50. The molecule has 13 heavy (non-hydrogen) atoms. The van der Waals surface area contributed by atoms with Crippen LogP contribution in [0.3, 0.4) is 0 Å². The molecule has 0 unspecified atom stereocenters. The zero-order chi connectivity index (χ0) is 9.68. The van der Waals surface area contributed by atoms with Crippen molar-refractivity contribution in [2.45, 2.75) is 6.61 Å². The molecule has 1 amide bonds. The SMILES string of the molecule is COc1cncc(COC(N)=O)c1. The van der Waals surface area contributed by atoms with E-state index in [0.717, 1.165) is 5.56 Å². The molecule has 70 valence electrons. The second kappa shape index (κ2) is 4.30. The Kier molecular flexibility index (Phi) is 3.08. The van der Waals surface area contributed by atoms with Crippen LogP contribution in [-0.2, 0) is 11.3 Å². The summed E-state index contributed by atoms with van der Waals surface area (Å²) in [7, 11) is 1.54. The van der Waals surface area contributed by atoms with Gasteiger partial charge in [-0.3, -0.25) is 4.98 Å². The number of carbonyl (C=O) groups is 1. The first-order valence-electron chi connectivity index (χ1n) is 3.62. The number of carbonyl (C=O) groups excluding carboxylic acids is 1. The summed E-state index contributed by atoms with van der Waals surface area (Å²) in [5, 5.41) is 0. The Labute approximate surface area is 75.5 Å². The number of primary amides is 1. The second-order valence-electron chi connectivity index (χ2n) is 2.34. The monoisotopic (exact) mass is 182 g/mol. The number of pyridine rings is 1. The van der Waals surface area contributed by atoms with Gasteiger partial charge in [0.1, 0.15) is 12.4 Å². The molecule has 0 saturated heterocycles. The van der Waals surface area contributed by atoms with Gasteiger partial charge in [-0.15, -0.1) is 0 Å². The standard InChI is InChI=1S/C8H10N2O3/c1-12-7-2-6(3-10-4-7)5-13-8(9)11/h2-4H,5H2,1H3,(H2,9,11). The first-order valence-corrected chi connectivity index (χ1v) is 3.62. The fourth-order valence-corrected chi connectivity index (χ4v) is 0.809. The highest BCUT2D eigenvalue weighted by Gasteiger charge is 1.98. The topological polar surface area (TPSA) is 74.4 Å². The van der Waals surface area contributed by atoms with Crippen molar-refractivity contribution in [1.82, 2.24) is 4.98 Å². The lowest BCUT2D eigenvalue weighted by Gasteiger charge is -2.03. The Bertz CT molecular complexity index is 301. The zero-order valence-corrected chi connectivity index (χ0v) is 7.19. The maximum absolute atomic E-state index is 10.3. The molecule has 0 aliphatic heterocycles. The van der Waals surface area contributed by atoms with Crippen LogP contribution < -0.4 is 10.5 Å². The molecule has 0 aliphatic rings. The molecule has 0 fully saturated rings. The van der Waals surface area contributed by atoms with Crippen LogP contribution >= 0.6 is 0 Å². The molecule has 0 atom stereocenters. The molecule has 1 aromatic heterocycles.